The van der Waals surface area contributed by atoms with Gasteiger partial charge in [-0.15, -0.1) is 0 Å². The topological polar surface area (TPSA) is 41.6 Å². The minimum atomic E-state index is -0.404. The van der Waals surface area contributed by atoms with Crippen molar-refractivity contribution in [2.24, 2.45) is 5.92 Å². The molecule has 1 fully saturated rings. The first kappa shape index (κ1) is 16.3. The lowest BCUT2D eigenvalue weighted by Gasteiger charge is -2.34. The fourth-order valence-corrected chi connectivity index (χ4v) is 2.24. The highest BCUT2D eigenvalue weighted by molar-refractivity contribution is 5.68. The van der Waals surface area contributed by atoms with Gasteiger partial charge < -0.3 is 15.0 Å². The average molecular weight is 270 g/mol. The lowest BCUT2D eigenvalue weighted by Crippen LogP contribution is -2.45. The predicted molar refractivity (Wildman–Crippen MR) is 78.3 cm³/mol. The van der Waals surface area contributed by atoms with Crippen LogP contribution < -0.4 is 5.32 Å². The van der Waals surface area contributed by atoms with Gasteiger partial charge in [-0.3, -0.25) is 0 Å². The lowest BCUT2D eigenvalue weighted by molar-refractivity contribution is 0.0165. The van der Waals surface area contributed by atoms with Crippen LogP contribution in [-0.4, -0.2) is 42.3 Å². The third kappa shape index (κ3) is 6.28. The summed E-state index contributed by atoms with van der Waals surface area (Å²) in [5, 5.41) is 3.53. The van der Waals surface area contributed by atoms with Crippen LogP contribution in [0.1, 0.15) is 53.9 Å². The Hall–Kier alpha value is -0.770. The van der Waals surface area contributed by atoms with Crippen LogP contribution in [0.5, 0.6) is 0 Å². The maximum absolute atomic E-state index is 12.0. The molecule has 2 atom stereocenters. The molecule has 19 heavy (non-hydrogen) atoms. The van der Waals surface area contributed by atoms with E-state index in [1.54, 1.807) is 0 Å². The molecule has 4 nitrogen and oxygen atoms in total. The maximum atomic E-state index is 12.0. The Labute approximate surface area is 117 Å². The fraction of sp³-hybridized carbons (Fsp3) is 0.933. The van der Waals surface area contributed by atoms with E-state index in [9.17, 15) is 4.79 Å². The normalized spacial score (nSPS) is 22.2. The van der Waals surface area contributed by atoms with Gasteiger partial charge in [0.25, 0.3) is 0 Å². The number of piperidine rings is 1. The smallest absolute Gasteiger partial charge is 0.410 e. The van der Waals surface area contributed by atoms with Crippen molar-refractivity contribution in [3.63, 3.8) is 0 Å². The van der Waals surface area contributed by atoms with Gasteiger partial charge in [-0.25, -0.2) is 4.79 Å². The molecule has 1 heterocycles. The van der Waals surface area contributed by atoms with Gasteiger partial charge in [-0.2, -0.15) is 0 Å². The van der Waals surface area contributed by atoms with Crippen LogP contribution in [0, 0.1) is 5.92 Å². The van der Waals surface area contributed by atoms with E-state index in [2.05, 4.69) is 19.2 Å². The number of nitrogens with one attached hydrogen (secondary N) is 1. The van der Waals surface area contributed by atoms with Gasteiger partial charge in [-0.05, 0) is 59.4 Å². The first-order valence-electron chi connectivity index (χ1n) is 7.53. The van der Waals surface area contributed by atoms with Gasteiger partial charge in [0.05, 0.1) is 0 Å². The van der Waals surface area contributed by atoms with Gasteiger partial charge >= 0.3 is 6.09 Å². The van der Waals surface area contributed by atoms with Crippen molar-refractivity contribution >= 4 is 6.09 Å². The molecule has 0 aromatic rings. The molecule has 0 saturated carbocycles. The van der Waals surface area contributed by atoms with Crippen LogP contribution in [0.3, 0.4) is 0 Å². The van der Waals surface area contributed by atoms with E-state index >= 15 is 0 Å². The molecular weight excluding hydrogens is 240 g/mol. The van der Waals surface area contributed by atoms with Crippen molar-refractivity contribution < 1.29 is 9.53 Å². The Balaban J connectivity index is 2.39. The molecule has 0 aliphatic carbocycles. The number of rotatable bonds is 4. The second-order valence-electron chi connectivity index (χ2n) is 6.65. The number of hydrogen-bond donors (Lipinski definition) is 1. The van der Waals surface area contributed by atoms with Gasteiger partial charge in [0.1, 0.15) is 5.60 Å². The average Bonchev–Trinajstić information content (AvgIpc) is 2.34. The molecule has 1 aliphatic rings. The van der Waals surface area contributed by atoms with Crippen molar-refractivity contribution in [3.8, 4) is 0 Å². The van der Waals surface area contributed by atoms with Crippen molar-refractivity contribution in [1.82, 2.24) is 10.2 Å². The van der Waals surface area contributed by atoms with Crippen molar-refractivity contribution in [2.75, 3.05) is 19.6 Å². The molecule has 0 bridgehead atoms. The Morgan fingerprint density at radius 3 is 2.74 bits per heavy atom. The Morgan fingerprint density at radius 1 is 1.47 bits per heavy atom. The number of ether oxygens (including phenoxy) is 1. The molecule has 0 spiro atoms. The molecule has 0 aromatic heterocycles. The SMILES string of the molecule is CCC(C)NCC1CCCN(C(=O)OC(C)(C)C)C1. The summed E-state index contributed by atoms with van der Waals surface area (Å²) in [6, 6.07) is 0.553. The Bertz CT molecular complexity index is 286. The van der Waals surface area contributed by atoms with Gasteiger partial charge in [0, 0.05) is 19.1 Å². The number of likely N-dealkylation sites (tertiary alicyclic amines) is 1. The van der Waals surface area contributed by atoms with Crippen LogP contribution >= 0.6 is 0 Å². The number of nitrogens with zero attached hydrogens (tertiary/aromatic N) is 1. The summed E-state index contributed by atoms with van der Waals surface area (Å²) in [6.45, 7) is 12.8. The predicted octanol–water partition coefficient (Wildman–Crippen LogP) is 3.02. The summed E-state index contributed by atoms with van der Waals surface area (Å²) < 4.78 is 5.44. The fourth-order valence-electron chi connectivity index (χ4n) is 2.24. The molecular formula is C15H30N2O2. The van der Waals surface area contributed by atoms with Crippen LogP contribution in [0.4, 0.5) is 4.79 Å². The minimum absolute atomic E-state index is 0.166. The maximum Gasteiger partial charge on any atom is 0.410 e. The second-order valence-corrected chi connectivity index (χ2v) is 6.65. The van der Waals surface area contributed by atoms with Crippen molar-refractivity contribution in [2.45, 2.75) is 65.5 Å². The molecule has 1 amide bonds. The quantitative estimate of drug-likeness (QED) is 0.854. The minimum Gasteiger partial charge on any atom is -0.444 e. The third-order valence-electron chi connectivity index (χ3n) is 3.54. The Morgan fingerprint density at radius 2 is 2.16 bits per heavy atom. The third-order valence-corrected chi connectivity index (χ3v) is 3.54. The first-order chi connectivity index (χ1) is 8.81. The molecule has 0 radical (unpaired) electrons. The molecule has 1 rings (SSSR count). The van der Waals surface area contributed by atoms with Crippen LogP contribution in [-0.2, 0) is 4.74 Å². The zero-order valence-corrected chi connectivity index (χ0v) is 13.2. The van der Waals surface area contributed by atoms with Gasteiger partial charge in [0.2, 0.25) is 0 Å². The van der Waals surface area contributed by atoms with Crippen LogP contribution in [0.2, 0.25) is 0 Å². The lowest BCUT2D eigenvalue weighted by atomic mass is 9.98. The molecule has 1 aliphatic heterocycles. The standard InChI is InChI=1S/C15H30N2O2/c1-6-12(2)16-10-13-8-7-9-17(11-13)14(18)19-15(3,4)5/h12-13,16H,6-11H2,1-5H3. The number of amides is 1. The van der Waals surface area contributed by atoms with E-state index in [-0.39, 0.29) is 6.09 Å². The van der Waals surface area contributed by atoms with Gasteiger partial charge in [0.15, 0.2) is 0 Å². The van der Waals surface area contributed by atoms with E-state index in [1.165, 1.54) is 6.42 Å². The highest BCUT2D eigenvalue weighted by Crippen LogP contribution is 2.19. The zero-order valence-electron chi connectivity index (χ0n) is 13.2. The summed E-state index contributed by atoms with van der Waals surface area (Å²) >= 11 is 0. The van der Waals surface area contributed by atoms with Crippen LogP contribution in [0.15, 0.2) is 0 Å². The molecule has 1 saturated heterocycles. The van der Waals surface area contributed by atoms with Crippen molar-refractivity contribution in [1.29, 1.82) is 0 Å². The number of carbonyl (C=O) groups excluding carboxylic acids is 1. The molecule has 2 unspecified atom stereocenters. The molecule has 112 valence electrons. The summed E-state index contributed by atoms with van der Waals surface area (Å²) in [6.07, 6.45) is 3.25. The van der Waals surface area contributed by atoms with E-state index in [0.29, 0.717) is 12.0 Å². The monoisotopic (exact) mass is 270 g/mol. The highest BCUT2D eigenvalue weighted by atomic mass is 16.6. The molecule has 4 heteroatoms. The van der Waals surface area contributed by atoms with E-state index in [4.69, 9.17) is 4.74 Å². The van der Waals surface area contributed by atoms with E-state index in [1.807, 2.05) is 25.7 Å². The summed E-state index contributed by atoms with van der Waals surface area (Å²) in [4.78, 5) is 13.9. The largest absolute Gasteiger partial charge is 0.444 e. The number of hydrogen-bond acceptors (Lipinski definition) is 3. The highest BCUT2D eigenvalue weighted by Gasteiger charge is 2.27. The first-order valence-corrected chi connectivity index (χ1v) is 7.53. The van der Waals surface area contributed by atoms with Crippen LogP contribution in [0.25, 0.3) is 0 Å². The second kappa shape index (κ2) is 7.13. The summed E-state index contributed by atoms with van der Waals surface area (Å²) in [5.74, 6) is 0.551. The van der Waals surface area contributed by atoms with E-state index in [0.717, 1.165) is 32.5 Å². The zero-order chi connectivity index (χ0) is 14.5. The summed E-state index contributed by atoms with van der Waals surface area (Å²) in [7, 11) is 0. The summed E-state index contributed by atoms with van der Waals surface area (Å²) in [5.41, 5.74) is -0.404. The van der Waals surface area contributed by atoms with Crippen molar-refractivity contribution in [3.05, 3.63) is 0 Å². The molecule has 0 aromatic carbocycles. The van der Waals surface area contributed by atoms with E-state index < -0.39 is 5.60 Å². The van der Waals surface area contributed by atoms with Gasteiger partial charge in [-0.1, -0.05) is 6.92 Å². The molecule has 1 N–H and O–H groups in total. The number of carbonyl (C=O) groups is 1. The Kier molecular flexibility index (Phi) is 6.11.